The van der Waals surface area contributed by atoms with Crippen LogP contribution in [0.25, 0.3) is 0 Å². The molecule has 0 aliphatic rings. The fraction of sp³-hybridized carbons (Fsp3) is 0.222. The number of rotatable bonds is 3. The van der Waals surface area contributed by atoms with E-state index in [4.69, 9.17) is 5.73 Å². The molecule has 0 spiro atoms. The molecule has 15 heavy (non-hydrogen) atoms. The van der Waals surface area contributed by atoms with Crippen LogP contribution in [0.2, 0.25) is 0 Å². The second kappa shape index (κ2) is 4.65. The van der Waals surface area contributed by atoms with Gasteiger partial charge in [-0.15, -0.1) is 0 Å². The number of amides is 1. The first-order chi connectivity index (χ1) is 6.91. The minimum absolute atomic E-state index is 0.00343. The van der Waals surface area contributed by atoms with Crippen LogP contribution in [-0.4, -0.2) is 10.7 Å². The SMILES string of the molecule is NC(=O)C(Br)Cc1cc(F)c(F)c(F)c1. The molecule has 1 aromatic carbocycles. The Kier molecular flexibility index (Phi) is 3.73. The molecule has 1 rings (SSSR count). The molecule has 0 saturated carbocycles. The minimum Gasteiger partial charge on any atom is -0.369 e. The lowest BCUT2D eigenvalue weighted by molar-refractivity contribution is -0.117. The molecule has 1 aromatic rings. The monoisotopic (exact) mass is 281 g/mol. The van der Waals surface area contributed by atoms with Gasteiger partial charge >= 0.3 is 0 Å². The second-order valence-electron chi connectivity index (χ2n) is 2.95. The quantitative estimate of drug-likeness (QED) is 0.667. The fourth-order valence-electron chi connectivity index (χ4n) is 1.03. The Hall–Kier alpha value is -1.04. The molecule has 0 radical (unpaired) electrons. The van der Waals surface area contributed by atoms with Gasteiger partial charge in [0.15, 0.2) is 17.5 Å². The maximum Gasteiger partial charge on any atom is 0.231 e. The van der Waals surface area contributed by atoms with Gasteiger partial charge in [-0.2, -0.15) is 0 Å². The van der Waals surface area contributed by atoms with Gasteiger partial charge < -0.3 is 5.73 Å². The number of nitrogens with two attached hydrogens (primary N) is 1. The van der Waals surface area contributed by atoms with Crippen LogP contribution in [0.1, 0.15) is 5.56 Å². The Morgan fingerprint density at radius 1 is 1.33 bits per heavy atom. The Morgan fingerprint density at radius 2 is 1.80 bits per heavy atom. The molecule has 82 valence electrons. The predicted octanol–water partition coefficient (Wildman–Crippen LogP) is 1.90. The molecule has 2 N–H and O–H groups in total. The summed E-state index contributed by atoms with van der Waals surface area (Å²) in [5.41, 5.74) is 5.10. The van der Waals surface area contributed by atoms with E-state index < -0.39 is 28.2 Å². The Labute approximate surface area is 92.4 Å². The minimum atomic E-state index is -1.52. The van der Waals surface area contributed by atoms with Gasteiger partial charge in [-0.05, 0) is 24.1 Å². The lowest BCUT2D eigenvalue weighted by Gasteiger charge is -2.06. The highest BCUT2D eigenvalue weighted by atomic mass is 79.9. The van der Waals surface area contributed by atoms with E-state index in [0.717, 1.165) is 12.1 Å². The van der Waals surface area contributed by atoms with Crippen LogP contribution < -0.4 is 5.73 Å². The largest absolute Gasteiger partial charge is 0.369 e. The molecule has 1 amide bonds. The molecule has 1 atom stereocenters. The van der Waals surface area contributed by atoms with Gasteiger partial charge in [-0.1, -0.05) is 15.9 Å². The van der Waals surface area contributed by atoms with Crippen molar-refractivity contribution in [1.82, 2.24) is 0 Å². The third-order valence-corrected chi connectivity index (χ3v) is 2.54. The van der Waals surface area contributed by atoms with Gasteiger partial charge in [0.2, 0.25) is 5.91 Å². The number of benzene rings is 1. The molecular formula is C9H7BrF3NO. The van der Waals surface area contributed by atoms with Crippen molar-refractivity contribution in [3.63, 3.8) is 0 Å². The van der Waals surface area contributed by atoms with Gasteiger partial charge in [0.25, 0.3) is 0 Å². The molecule has 1 unspecified atom stereocenters. The van der Waals surface area contributed by atoms with E-state index in [1.165, 1.54) is 0 Å². The molecule has 6 heteroatoms. The summed E-state index contributed by atoms with van der Waals surface area (Å²) in [4.78, 5) is 9.92. The van der Waals surface area contributed by atoms with E-state index in [1.807, 2.05) is 0 Å². The Morgan fingerprint density at radius 3 is 2.20 bits per heavy atom. The van der Waals surface area contributed by atoms with Gasteiger partial charge in [-0.3, -0.25) is 4.79 Å². The van der Waals surface area contributed by atoms with E-state index in [0.29, 0.717) is 0 Å². The van der Waals surface area contributed by atoms with Crippen LogP contribution in [0.5, 0.6) is 0 Å². The number of hydrogen-bond acceptors (Lipinski definition) is 1. The van der Waals surface area contributed by atoms with Crippen LogP contribution in [0.4, 0.5) is 13.2 Å². The van der Waals surface area contributed by atoms with Gasteiger partial charge in [0.05, 0.1) is 4.83 Å². The average Bonchev–Trinajstić information content (AvgIpc) is 2.13. The molecule has 2 nitrogen and oxygen atoms in total. The van der Waals surface area contributed by atoms with Gasteiger partial charge in [0, 0.05) is 0 Å². The summed E-state index contributed by atoms with van der Waals surface area (Å²) in [5, 5.41) is 0. The van der Waals surface area contributed by atoms with E-state index in [2.05, 4.69) is 15.9 Å². The standard InChI is InChI=1S/C9H7BrF3NO/c10-5(9(14)15)1-4-2-6(11)8(13)7(12)3-4/h2-3,5H,1H2,(H2,14,15). The topological polar surface area (TPSA) is 43.1 Å². The maximum atomic E-state index is 12.7. The number of alkyl halides is 1. The number of primary amides is 1. The lowest BCUT2D eigenvalue weighted by atomic mass is 10.1. The number of carbonyl (C=O) groups is 1. The van der Waals surface area contributed by atoms with Gasteiger partial charge in [-0.25, -0.2) is 13.2 Å². The van der Waals surface area contributed by atoms with Crippen LogP contribution in [0, 0.1) is 17.5 Å². The van der Waals surface area contributed by atoms with E-state index in [1.54, 1.807) is 0 Å². The molecule has 0 aliphatic heterocycles. The van der Waals surface area contributed by atoms with Crippen molar-refractivity contribution in [2.24, 2.45) is 5.73 Å². The summed E-state index contributed by atoms with van der Waals surface area (Å²) in [6.45, 7) is 0. The van der Waals surface area contributed by atoms with Crippen molar-refractivity contribution < 1.29 is 18.0 Å². The zero-order valence-corrected chi connectivity index (χ0v) is 9.02. The highest BCUT2D eigenvalue weighted by Crippen LogP contribution is 2.16. The van der Waals surface area contributed by atoms with Crippen molar-refractivity contribution in [3.05, 3.63) is 35.1 Å². The summed E-state index contributed by atoms with van der Waals surface area (Å²) in [6.07, 6.45) is 0.00343. The Bertz CT molecular complexity index is 374. The van der Waals surface area contributed by atoms with Crippen molar-refractivity contribution in [2.75, 3.05) is 0 Å². The van der Waals surface area contributed by atoms with Crippen molar-refractivity contribution >= 4 is 21.8 Å². The van der Waals surface area contributed by atoms with Crippen LogP contribution in [0.3, 0.4) is 0 Å². The van der Waals surface area contributed by atoms with Crippen LogP contribution >= 0.6 is 15.9 Å². The lowest BCUT2D eigenvalue weighted by Crippen LogP contribution is -2.25. The average molecular weight is 282 g/mol. The molecule has 0 saturated heterocycles. The first kappa shape index (κ1) is 12.0. The number of hydrogen-bond donors (Lipinski definition) is 1. The zero-order chi connectivity index (χ0) is 11.6. The highest BCUT2D eigenvalue weighted by Gasteiger charge is 2.15. The number of halogens is 4. The summed E-state index contributed by atoms with van der Waals surface area (Å²) in [7, 11) is 0. The Balaban J connectivity index is 2.92. The van der Waals surface area contributed by atoms with Crippen molar-refractivity contribution in [3.8, 4) is 0 Å². The number of carbonyl (C=O) groups excluding carboxylic acids is 1. The van der Waals surface area contributed by atoms with Crippen molar-refractivity contribution in [2.45, 2.75) is 11.2 Å². The van der Waals surface area contributed by atoms with E-state index >= 15 is 0 Å². The van der Waals surface area contributed by atoms with Crippen LogP contribution in [-0.2, 0) is 11.2 Å². The highest BCUT2D eigenvalue weighted by molar-refractivity contribution is 9.10. The smallest absolute Gasteiger partial charge is 0.231 e. The molecule has 0 aromatic heterocycles. The molecule has 0 aliphatic carbocycles. The van der Waals surface area contributed by atoms with Crippen molar-refractivity contribution in [1.29, 1.82) is 0 Å². The molecule has 0 bridgehead atoms. The second-order valence-corrected chi connectivity index (χ2v) is 4.05. The molecular weight excluding hydrogens is 275 g/mol. The zero-order valence-electron chi connectivity index (χ0n) is 7.44. The maximum absolute atomic E-state index is 12.7. The van der Waals surface area contributed by atoms with E-state index in [9.17, 15) is 18.0 Å². The summed E-state index contributed by atoms with van der Waals surface area (Å²) in [6, 6.07) is 1.66. The van der Waals surface area contributed by atoms with E-state index in [-0.39, 0.29) is 12.0 Å². The summed E-state index contributed by atoms with van der Waals surface area (Å²) in [5.74, 6) is -4.74. The fourth-order valence-corrected chi connectivity index (χ4v) is 1.41. The third-order valence-electron chi connectivity index (χ3n) is 1.77. The van der Waals surface area contributed by atoms with Gasteiger partial charge in [0.1, 0.15) is 0 Å². The summed E-state index contributed by atoms with van der Waals surface area (Å²) >= 11 is 2.93. The first-order valence-corrected chi connectivity index (χ1v) is 4.90. The molecule has 0 fully saturated rings. The summed E-state index contributed by atoms with van der Waals surface area (Å²) < 4.78 is 38.0. The van der Waals surface area contributed by atoms with Crippen LogP contribution in [0.15, 0.2) is 12.1 Å². The predicted molar refractivity (Wildman–Crippen MR) is 51.9 cm³/mol. The first-order valence-electron chi connectivity index (χ1n) is 3.98. The third kappa shape index (κ3) is 2.95. The molecule has 0 heterocycles. The normalized spacial score (nSPS) is 12.5.